The first-order valence-electron chi connectivity index (χ1n) is 6.92. The summed E-state index contributed by atoms with van der Waals surface area (Å²) in [4.78, 5) is 14.5. The maximum atomic E-state index is 12.6. The molecule has 1 amide bonds. The van der Waals surface area contributed by atoms with Crippen LogP contribution >= 0.6 is 0 Å². The topological polar surface area (TPSA) is 62.1 Å². The van der Waals surface area contributed by atoms with Gasteiger partial charge in [0.05, 0.1) is 5.71 Å². The summed E-state index contributed by atoms with van der Waals surface area (Å²) in [5.41, 5.74) is 1.75. The number of benzene rings is 1. The van der Waals surface area contributed by atoms with Gasteiger partial charge in [-0.1, -0.05) is 30.3 Å². The van der Waals surface area contributed by atoms with Gasteiger partial charge >= 0.3 is 0 Å². The largest absolute Gasteiger partial charge is 0.492 e. The molecular weight excluding hydrogens is 256 g/mol. The van der Waals surface area contributed by atoms with Gasteiger partial charge in [-0.05, 0) is 6.07 Å². The van der Waals surface area contributed by atoms with E-state index < -0.39 is 0 Å². The van der Waals surface area contributed by atoms with Gasteiger partial charge in [-0.15, -0.1) is 0 Å². The van der Waals surface area contributed by atoms with Gasteiger partial charge in [0, 0.05) is 31.0 Å². The Balaban J connectivity index is 1.75. The minimum Gasteiger partial charge on any atom is -0.492 e. The van der Waals surface area contributed by atoms with Crippen LogP contribution in [0.3, 0.4) is 0 Å². The minimum absolute atomic E-state index is 0.107. The molecule has 1 aromatic rings. The van der Waals surface area contributed by atoms with Crippen LogP contribution in [0.5, 0.6) is 5.75 Å². The average molecular weight is 274 g/mol. The van der Waals surface area contributed by atoms with E-state index in [9.17, 15) is 4.79 Å². The maximum absolute atomic E-state index is 12.6. The summed E-state index contributed by atoms with van der Waals surface area (Å²) in [6, 6.07) is 7.71. The second kappa shape index (κ2) is 5.15. The first-order valence-corrected chi connectivity index (χ1v) is 6.92. The number of fused-ring (bicyclic) bond motifs is 1. The lowest BCUT2D eigenvalue weighted by Crippen LogP contribution is -2.45. The van der Waals surface area contributed by atoms with Crippen molar-refractivity contribution in [2.45, 2.75) is 19.3 Å². The van der Waals surface area contributed by atoms with Crippen molar-refractivity contribution < 1.29 is 14.7 Å². The standard InChI is InChI=1S/C15H18N2O3/c1-10-8-17(7-6-13(10)16-19)15(18)12-9-20-14-5-3-2-4-11(12)14/h2-5,10,12,19H,6-9H2,1H3/b16-13+. The van der Waals surface area contributed by atoms with Gasteiger partial charge in [0.1, 0.15) is 18.3 Å². The number of hydrogen-bond donors (Lipinski definition) is 1. The Hall–Kier alpha value is -2.04. The van der Waals surface area contributed by atoms with Crippen molar-refractivity contribution in [3.05, 3.63) is 29.8 Å². The first-order chi connectivity index (χ1) is 9.70. The summed E-state index contributed by atoms with van der Waals surface area (Å²) in [6.45, 7) is 3.62. The smallest absolute Gasteiger partial charge is 0.233 e. The molecule has 2 unspecified atom stereocenters. The Labute approximate surface area is 117 Å². The predicted molar refractivity (Wildman–Crippen MR) is 74.3 cm³/mol. The Morgan fingerprint density at radius 3 is 3.00 bits per heavy atom. The van der Waals surface area contributed by atoms with Gasteiger partial charge in [0.25, 0.3) is 0 Å². The van der Waals surface area contributed by atoms with Crippen LogP contribution in [0, 0.1) is 5.92 Å². The summed E-state index contributed by atoms with van der Waals surface area (Å²) in [7, 11) is 0. The average Bonchev–Trinajstić information content (AvgIpc) is 2.90. The van der Waals surface area contributed by atoms with Crippen molar-refractivity contribution in [2.24, 2.45) is 11.1 Å². The number of likely N-dealkylation sites (tertiary alicyclic amines) is 1. The van der Waals surface area contributed by atoms with Crippen LogP contribution < -0.4 is 4.74 Å². The van der Waals surface area contributed by atoms with Gasteiger partial charge in [0.2, 0.25) is 5.91 Å². The van der Waals surface area contributed by atoms with Crippen LogP contribution in [-0.4, -0.2) is 41.4 Å². The highest BCUT2D eigenvalue weighted by molar-refractivity contribution is 5.91. The number of carbonyl (C=O) groups excluding carboxylic acids is 1. The molecule has 0 bridgehead atoms. The molecule has 1 fully saturated rings. The fraction of sp³-hybridized carbons (Fsp3) is 0.467. The van der Waals surface area contributed by atoms with Crippen molar-refractivity contribution in [3.63, 3.8) is 0 Å². The van der Waals surface area contributed by atoms with Crippen molar-refractivity contribution in [2.75, 3.05) is 19.7 Å². The second-order valence-electron chi connectivity index (χ2n) is 5.43. The van der Waals surface area contributed by atoms with Crippen molar-refractivity contribution in [3.8, 4) is 5.75 Å². The van der Waals surface area contributed by atoms with Crippen molar-refractivity contribution in [1.82, 2.24) is 4.90 Å². The van der Waals surface area contributed by atoms with E-state index in [1.54, 1.807) is 0 Å². The molecule has 5 nitrogen and oxygen atoms in total. The van der Waals surface area contributed by atoms with Crippen molar-refractivity contribution >= 4 is 11.6 Å². The van der Waals surface area contributed by atoms with Gasteiger partial charge in [-0.25, -0.2) is 0 Å². The molecule has 5 heteroatoms. The Morgan fingerprint density at radius 1 is 1.45 bits per heavy atom. The highest BCUT2D eigenvalue weighted by Crippen LogP contribution is 2.35. The van der Waals surface area contributed by atoms with Crippen LogP contribution in [0.25, 0.3) is 0 Å². The van der Waals surface area contributed by atoms with Crippen LogP contribution in [0.4, 0.5) is 0 Å². The normalized spacial score (nSPS) is 27.2. The summed E-state index contributed by atoms with van der Waals surface area (Å²) in [5, 5.41) is 12.2. The number of nitrogens with zero attached hydrogens (tertiary/aromatic N) is 2. The molecule has 1 saturated heterocycles. The SMILES string of the molecule is CC1CN(C(=O)C2COc3ccccc32)CC/C1=N\O. The van der Waals surface area contributed by atoms with E-state index in [4.69, 9.17) is 9.94 Å². The Kier molecular flexibility index (Phi) is 3.34. The number of rotatable bonds is 1. The molecule has 1 aromatic carbocycles. The molecule has 0 aromatic heterocycles. The molecule has 2 atom stereocenters. The minimum atomic E-state index is -0.203. The number of ether oxygens (including phenoxy) is 1. The summed E-state index contributed by atoms with van der Waals surface area (Å²) < 4.78 is 5.58. The molecule has 1 N–H and O–H groups in total. The molecule has 2 heterocycles. The molecule has 0 aliphatic carbocycles. The van der Waals surface area contributed by atoms with E-state index in [1.165, 1.54) is 0 Å². The third kappa shape index (κ3) is 2.13. The van der Waals surface area contributed by atoms with Gasteiger partial charge in [0.15, 0.2) is 0 Å². The maximum Gasteiger partial charge on any atom is 0.233 e. The summed E-state index contributed by atoms with van der Waals surface area (Å²) >= 11 is 0. The second-order valence-corrected chi connectivity index (χ2v) is 5.43. The zero-order valence-electron chi connectivity index (χ0n) is 11.5. The molecular formula is C15H18N2O3. The lowest BCUT2D eigenvalue weighted by Gasteiger charge is -2.33. The molecule has 20 heavy (non-hydrogen) atoms. The van der Waals surface area contributed by atoms with E-state index >= 15 is 0 Å². The molecule has 2 aliphatic heterocycles. The number of piperidine rings is 1. The third-order valence-electron chi connectivity index (χ3n) is 4.14. The summed E-state index contributed by atoms with van der Waals surface area (Å²) in [6.07, 6.45) is 0.638. The Bertz CT molecular complexity index is 556. The van der Waals surface area contributed by atoms with Crippen LogP contribution in [0.2, 0.25) is 0 Å². The lowest BCUT2D eigenvalue weighted by molar-refractivity contribution is -0.133. The Morgan fingerprint density at radius 2 is 2.25 bits per heavy atom. The van der Waals surface area contributed by atoms with Crippen LogP contribution in [0.1, 0.15) is 24.8 Å². The van der Waals surface area contributed by atoms with E-state index in [0.29, 0.717) is 26.1 Å². The molecule has 106 valence electrons. The van der Waals surface area contributed by atoms with Crippen LogP contribution in [-0.2, 0) is 4.79 Å². The van der Waals surface area contributed by atoms with E-state index in [1.807, 2.05) is 36.1 Å². The fourth-order valence-corrected chi connectivity index (χ4v) is 2.96. The zero-order valence-corrected chi connectivity index (χ0v) is 11.5. The lowest BCUT2D eigenvalue weighted by atomic mass is 9.94. The highest BCUT2D eigenvalue weighted by atomic mass is 16.5. The number of para-hydroxylation sites is 1. The molecule has 2 aliphatic rings. The monoisotopic (exact) mass is 274 g/mol. The highest BCUT2D eigenvalue weighted by Gasteiger charge is 2.35. The zero-order chi connectivity index (χ0) is 14.1. The van der Waals surface area contributed by atoms with Gasteiger partial charge in [-0.2, -0.15) is 0 Å². The summed E-state index contributed by atoms with van der Waals surface area (Å²) in [5.74, 6) is 0.827. The van der Waals surface area contributed by atoms with E-state index in [-0.39, 0.29) is 17.7 Å². The fourth-order valence-electron chi connectivity index (χ4n) is 2.96. The molecule has 3 rings (SSSR count). The molecule has 0 saturated carbocycles. The van der Waals surface area contributed by atoms with E-state index in [2.05, 4.69) is 5.16 Å². The van der Waals surface area contributed by atoms with E-state index in [0.717, 1.165) is 17.0 Å². The van der Waals surface area contributed by atoms with Gasteiger partial charge < -0.3 is 14.8 Å². The number of hydrogen-bond acceptors (Lipinski definition) is 4. The predicted octanol–water partition coefficient (Wildman–Crippen LogP) is 1.86. The number of oxime groups is 1. The number of carbonyl (C=O) groups is 1. The van der Waals surface area contributed by atoms with Crippen molar-refractivity contribution in [1.29, 1.82) is 0 Å². The first kappa shape index (κ1) is 13.0. The van der Waals surface area contributed by atoms with Crippen LogP contribution in [0.15, 0.2) is 29.4 Å². The quantitative estimate of drug-likeness (QED) is 0.628. The van der Waals surface area contributed by atoms with Gasteiger partial charge in [-0.3, -0.25) is 4.79 Å². The third-order valence-corrected chi connectivity index (χ3v) is 4.14. The number of amides is 1. The molecule has 0 spiro atoms. The molecule has 0 radical (unpaired) electrons.